The van der Waals surface area contributed by atoms with Gasteiger partial charge in [-0.15, -0.1) is 0 Å². The minimum absolute atomic E-state index is 0.139. The van der Waals surface area contributed by atoms with E-state index in [1.165, 1.54) is 17.3 Å². The number of rotatable bonds is 1. The molecule has 0 saturated carbocycles. The summed E-state index contributed by atoms with van der Waals surface area (Å²) in [6, 6.07) is 5.83. The Kier molecular flexibility index (Phi) is 2.96. The Morgan fingerprint density at radius 3 is 2.94 bits per heavy atom. The van der Waals surface area contributed by atoms with Crippen molar-refractivity contribution < 1.29 is 9.53 Å². The van der Waals surface area contributed by atoms with E-state index in [4.69, 9.17) is 16.3 Å². The molecule has 18 heavy (non-hydrogen) atoms. The van der Waals surface area contributed by atoms with Gasteiger partial charge in [0.2, 0.25) is 0 Å². The van der Waals surface area contributed by atoms with Gasteiger partial charge in [-0.2, -0.15) is 0 Å². The first-order chi connectivity index (χ1) is 8.67. The molecule has 0 spiro atoms. The Balaban J connectivity index is 2.03. The standard InChI is InChI=1S/C14H11ClO2S/c1-17-11-5-9-4-8-2-3-10(15)6-13(8)18-14(9)12(16)7-11/h2-3,5-6H,4,7H2,1H3. The zero-order valence-corrected chi connectivity index (χ0v) is 11.4. The second-order valence-electron chi connectivity index (χ2n) is 4.30. The Morgan fingerprint density at radius 1 is 1.33 bits per heavy atom. The lowest BCUT2D eigenvalue weighted by atomic mass is 9.97. The molecule has 2 aliphatic rings. The third-order valence-corrected chi connectivity index (χ3v) is 4.63. The third-order valence-electron chi connectivity index (χ3n) is 3.10. The van der Waals surface area contributed by atoms with Crippen LogP contribution in [0.2, 0.25) is 5.02 Å². The maximum absolute atomic E-state index is 12.1. The number of carbonyl (C=O) groups excluding carboxylic acids is 1. The summed E-state index contributed by atoms with van der Waals surface area (Å²) in [6.07, 6.45) is 3.12. The van der Waals surface area contributed by atoms with Gasteiger partial charge in [0.1, 0.15) is 5.76 Å². The fourth-order valence-corrected chi connectivity index (χ4v) is 3.56. The molecular weight excluding hydrogens is 268 g/mol. The fraction of sp³-hybridized carbons (Fsp3) is 0.214. The molecule has 1 aliphatic heterocycles. The van der Waals surface area contributed by atoms with Crippen molar-refractivity contribution in [3.8, 4) is 0 Å². The Hall–Kier alpha value is -1.19. The number of ketones is 1. The number of Topliss-reactive ketones (excluding diaryl/α,β-unsaturated/α-hetero) is 1. The highest BCUT2D eigenvalue weighted by molar-refractivity contribution is 8.04. The number of allylic oxidation sites excluding steroid dienone is 4. The molecule has 0 unspecified atom stereocenters. The molecule has 2 nitrogen and oxygen atoms in total. The molecule has 92 valence electrons. The maximum Gasteiger partial charge on any atom is 0.177 e. The molecule has 0 amide bonds. The van der Waals surface area contributed by atoms with E-state index >= 15 is 0 Å². The van der Waals surface area contributed by atoms with Gasteiger partial charge in [0, 0.05) is 9.92 Å². The predicted molar refractivity (Wildman–Crippen MR) is 72.8 cm³/mol. The van der Waals surface area contributed by atoms with Crippen LogP contribution >= 0.6 is 23.4 Å². The van der Waals surface area contributed by atoms with Crippen LogP contribution in [0, 0.1) is 0 Å². The molecule has 0 aromatic heterocycles. The summed E-state index contributed by atoms with van der Waals surface area (Å²) in [5, 5.41) is 0.710. The molecule has 1 aliphatic carbocycles. The van der Waals surface area contributed by atoms with Crippen molar-refractivity contribution >= 4 is 29.1 Å². The lowest BCUT2D eigenvalue weighted by molar-refractivity contribution is -0.115. The van der Waals surface area contributed by atoms with Crippen LogP contribution < -0.4 is 0 Å². The van der Waals surface area contributed by atoms with Crippen molar-refractivity contribution in [3.63, 3.8) is 0 Å². The van der Waals surface area contributed by atoms with Crippen LogP contribution in [0.5, 0.6) is 0 Å². The number of benzene rings is 1. The summed E-state index contributed by atoms with van der Waals surface area (Å²) in [5.74, 6) is 0.886. The Morgan fingerprint density at radius 2 is 2.17 bits per heavy atom. The minimum Gasteiger partial charge on any atom is -0.501 e. The van der Waals surface area contributed by atoms with Crippen LogP contribution in [-0.2, 0) is 16.0 Å². The third kappa shape index (κ3) is 1.98. The summed E-state index contributed by atoms with van der Waals surface area (Å²) >= 11 is 7.51. The summed E-state index contributed by atoms with van der Waals surface area (Å²) in [4.78, 5) is 14.0. The SMILES string of the molecule is COC1=CC2=C(Sc3cc(Cl)ccc3C2)C(=O)C1. The van der Waals surface area contributed by atoms with E-state index in [1.54, 1.807) is 7.11 Å². The van der Waals surface area contributed by atoms with Crippen LogP contribution in [0.15, 0.2) is 45.4 Å². The second-order valence-corrected chi connectivity index (χ2v) is 5.79. The number of hydrogen-bond acceptors (Lipinski definition) is 3. The molecule has 1 aromatic carbocycles. The Bertz CT molecular complexity index is 602. The van der Waals surface area contributed by atoms with E-state index < -0.39 is 0 Å². The molecule has 4 heteroatoms. The molecule has 0 bridgehead atoms. The van der Waals surface area contributed by atoms with Crippen molar-refractivity contribution in [2.24, 2.45) is 0 Å². The van der Waals surface area contributed by atoms with Gasteiger partial charge in [0.25, 0.3) is 0 Å². The molecular formula is C14H11ClO2S. The van der Waals surface area contributed by atoms with Gasteiger partial charge in [-0.3, -0.25) is 4.79 Å². The molecule has 0 N–H and O–H groups in total. The van der Waals surface area contributed by atoms with Crippen LogP contribution in [0.3, 0.4) is 0 Å². The zero-order valence-electron chi connectivity index (χ0n) is 9.83. The van der Waals surface area contributed by atoms with Crippen molar-refractivity contribution in [2.45, 2.75) is 17.7 Å². The maximum atomic E-state index is 12.1. The number of thioether (sulfide) groups is 1. The van der Waals surface area contributed by atoms with Gasteiger partial charge in [-0.05, 0) is 35.8 Å². The highest BCUT2D eigenvalue weighted by Gasteiger charge is 2.27. The summed E-state index contributed by atoms with van der Waals surface area (Å²) in [5.41, 5.74) is 2.27. The summed E-state index contributed by atoms with van der Waals surface area (Å²) in [6.45, 7) is 0. The normalized spacial score (nSPS) is 18.1. The van der Waals surface area contributed by atoms with Gasteiger partial charge < -0.3 is 4.74 Å². The molecule has 0 radical (unpaired) electrons. The van der Waals surface area contributed by atoms with Gasteiger partial charge in [-0.25, -0.2) is 0 Å². The fourth-order valence-electron chi connectivity index (χ4n) is 2.20. The highest BCUT2D eigenvalue weighted by Crippen LogP contribution is 2.43. The molecule has 0 saturated heterocycles. The Labute approximate surface area is 115 Å². The van der Waals surface area contributed by atoms with Crippen LogP contribution in [0.25, 0.3) is 0 Å². The lowest BCUT2D eigenvalue weighted by Crippen LogP contribution is -2.14. The molecule has 1 heterocycles. The van der Waals surface area contributed by atoms with E-state index in [1.807, 2.05) is 24.3 Å². The van der Waals surface area contributed by atoms with Crippen LogP contribution in [0.1, 0.15) is 12.0 Å². The predicted octanol–water partition coefficient (Wildman–Crippen LogP) is 3.75. The van der Waals surface area contributed by atoms with E-state index in [9.17, 15) is 4.79 Å². The average Bonchev–Trinajstić information content (AvgIpc) is 2.37. The van der Waals surface area contributed by atoms with E-state index in [0.717, 1.165) is 27.6 Å². The minimum atomic E-state index is 0.139. The first kappa shape index (κ1) is 11.9. The number of methoxy groups -OCH3 is 1. The number of fused-ring (bicyclic) bond motifs is 1. The quantitative estimate of drug-likeness (QED) is 0.783. The first-order valence-electron chi connectivity index (χ1n) is 5.64. The first-order valence-corrected chi connectivity index (χ1v) is 6.84. The van der Waals surface area contributed by atoms with Gasteiger partial charge in [0.05, 0.1) is 18.4 Å². The van der Waals surface area contributed by atoms with Crippen molar-refractivity contribution in [1.29, 1.82) is 0 Å². The number of halogens is 1. The molecule has 0 atom stereocenters. The largest absolute Gasteiger partial charge is 0.501 e. The molecule has 0 fully saturated rings. The average molecular weight is 279 g/mol. The van der Waals surface area contributed by atoms with E-state index in [2.05, 4.69) is 0 Å². The van der Waals surface area contributed by atoms with Gasteiger partial charge in [-0.1, -0.05) is 29.4 Å². The monoisotopic (exact) mass is 278 g/mol. The second kappa shape index (κ2) is 4.48. The summed E-state index contributed by atoms with van der Waals surface area (Å²) < 4.78 is 5.19. The van der Waals surface area contributed by atoms with Crippen molar-refractivity contribution in [2.75, 3.05) is 7.11 Å². The lowest BCUT2D eigenvalue weighted by Gasteiger charge is -2.24. The number of carbonyl (C=O) groups is 1. The van der Waals surface area contributed by atoms with E-state index in [0.29, 0.717) is 11.4 Å². The smallest absolute Gasteiger partial charge is 0.177 e. The van der Waals surface area contributed by atoms with Crippen molar-refractivity contribution in [1.82, 2.24) is 0 Å². The van der Waals surface area contributed by atoms with Crippen molar-refractivity contribution in [3.05, 3.63) is 51.1 Å². The molecule has 3 rings (SSSR count). The highest BCUT2D eigenvalue weighted by atomic mass is 35.5. The van der Waals surface area contributed by atoms with Gasteiger partial charge >= 0.3 is 0 Å². The van der Waals surface area contributed by atoms with Crippen LogP contribution in [0.4, 0.5) is 0 Å². The topological polar surface area (TPSA) is 26.3 Å². The van der Waals surface area contributed by atoms with E-state index in [-0.39, 0.29) is 5.78 Å². The zero-order chi connectivity index (χ0) is 12.7. The van der Waals surface area contributed by atoms with Gasteiger partial charge in [0.15, 0.2) is 5.78 Å². The number of ether oxygens (including phenoxy) is 1. The molecule has 1 aromatic rings. The number of hydrogen-bond donors (Lipinski definition) is 0. The summed E-state index contributed by atoms with van der Waals surface area (Å²) in [7, 11) is 1.61. The van der Waals surface area contributed by atoms with Crippen LogP contribution in [-0.4, -0.2) is 12.9 Å².